The van der Waals surface area contributed by atoms with Gasteiger partial charge < -0.3 is 15.4 Å². The molecule has 2 heterocycles. The first-order valence-electron chi connectivity index (χ1n) is 16.0. The lowest BCUT2D eigenvalue weighted by atomic mass is 10.0. The van der Waals surface area contributed by atoms with Crippen molar-refractivity contribution >= 4 is 91.2 Å². The lowest BCUT2D eigenvalue weighted by Gasteiger charge is -2.11. The summed E-state index contributed by atoms with van der Waals surface area (Å²) < 4.78 is 5.59. The van der Waals surface area contributed by atoms with Crippen molar-refractivity contribution in [2.24, 2.45) is 0 Å². The summed E-state index contributed by atoms with van der Waals surface area (Å²) in [7, 11) is 0. The van der Waals surface area contributed by atoms with Crippen LogP contribution >= 0.6 is 57.5 Å². The van der Waals surface area contributed by atoms with E-state index < -0.39 is 11.9 Å². The highest BCUT2D eigenvalue weighted by Gasteiger charge is 2.29. The van der Waals surface area contributed by atoms with Gasteiger partial charge in [-0.3, -0.25) is 9.59 Å². The summed E-state index contributed by atoms with van der Waals surface area (Å²) in [5.74, 6) is -2.61. The second-order valence-corrected chi connectivity index (χ2v) is 14.7. The number of rotatable bonds is 12. The first-order chi connectivity index (χ1) is 25.1. The van der Waals surface area contributed by atoms with Crippen molar-refractivity contribution < 1.29 is 23.9 Å². The molecular formula is C40H29Cl3N2O5S2. The van der Waals surface area contributed by atoms with Crippen LogP contribution in [0.3, 0.4) is 0 Å². The number of nitrogens with one attached hydrogen (secondary N) is 2. The molecule has 0 aliphatic carbocycles. The lowest BCUT2D eigenvalue weighted by molar-refractivity contribution is -0.117. The summed E-state index contributed by atoms with van der Waals surface area (Å²) in [6.45, 7) is 0. The normalized spacial score (nSPS) is 10.8. The molecule has 0 saturated carbocycles. The molecular weight excluding hydrogens is 759 g/mol. The van der Waals surface area contributed by atoms with Crippen molar-refractivity contribution in [2.75, 3.05) is 10.6 Å². The molecule has 262 valence electrons. The van der Waals surface area contributed by atoms with Crippen LogP contribution in [-0.4, -0.2) is 23.8 Å². The summed E-state index contributed by atoms with van der Waals surface area (Å²) in [6, 6.07) is 30.5. The van der Waals surface area contributed by atoms with Gasteiger partial charge in [0.25, 0.3) is 0 Å². The third-order valence-electron chi connectivity index (χ3n) is 7.99. The van der Waals surface area contributed by atoms with Gasteiger partial charge in [0.15, 0.2) is 0 Å². The Morgan fingerprint density at radius 1 is 0.538 bits per heavy atom. The SMILES string of the molecule is O=C(CCc1cccc(Cl)c1)Nc1scc(-c2ccc(Cl)cc2)c1C(=O)OC(=O)c1c(-c2cccc(Cl)c2)csc1NC(=O)CCc1ccccc1. The van der Waals surface area contributed by atoms with E-state index in [1.807, 2.05) is 42.5 Å². The maximum absolute atomic E-state index is 14.1. The van der Waals surface area contributed by atoms with E-state index in [-0.39, 0.29) is 45.8 Å². The lowest BCUT2D eigenvalue weighted by Crippen LogP contribution is -2.19. The molecule has 0 bridgehead atoms. The Hall–Kier alpha value is -4.77. The van der Waals surface area contributed by atoms with Crippen molar-refractivity contribution in [3.63, 3.8) is 0 Å². The Kier molecular flexibility index (Phi) is 12.2. The number of ether oxygens (including phenoxy) is 1. The van der Waals surface area contributed by atoms with Gasteiger partial charge in [-0.15, -0.1) is 22.7 Å². The fourth-order valence-electron chi connectivity index (χ4n) is 5.43. The molecule has 0 saturated heterocycles. The van der Waals surface area contributed by atoms with Gasteiger partial charge in [-0.2, -0.15) is 0 Å². The molecule has 0 aliphatic rings. The summed E-state index contributed by atoms with van der Waals surface area (Å²) in [6.07, 6.45) is 1.20. The van der Waals surface area contributed by atoms with E-state index in [0.29, 0.717) is 50.2 Å². The summed E-state index contributed by atoms with van der Waals surface area (Å²) in [5, 5.41) is 11.0. The fourth-order valence-corrected chi connectivity index (χ4v) is 7.91. The van der Waals surface area contributed by atoms with Crippen molar-refractivity contribution in [1.29, 1.82) is 0 Å². The number of carbonyl (C=O) groups excluding carboxylic acids is 4. The van der Waals surface area contributed by atoms with Crippen LogP contribution in [0.5, 0.6) is 0 Å². The molecule has 2 amide bonds. The molecule has 52 heavy (non-hydrogen) atoms. The number of esters is 2. The maximum atomic E-state index is 14.1. The Balaban J connectivity index is 1.28. The van der Waals surface area contributed by atoms with E-state index >= 15 is 0 Å². The topological polar surface area (TPSA) is 102 Å². The number of aryl methyl sites for hydroxylation is 2. The Morgan fingerprint density at radius 2 is 1.06 bits per heavy atom. The molecule has 0 unspecified atom stereocenters. The molecule has 0 radical (unpaired) electrons. The zero-order chi connectivity index (χ0) is 36.6. The van der Waals surface area contributed by atoms with Crippen LogP contribution in [0.15, 0.2) is 114 Å². The quantitative estimate of drug-likeness (QED) is 0.0950. The number of thiophene rings is 2. The monoisotopic (exact) mass is 786 g/mol. The molecule has 2 aromatic heterocycles. The molecule has 0 atom stereocenters. The minimum absolute atomic E-state index is 0.00376. The highest BCUT2D eigenvalue weighted by Crippen LogP contribution is 2.40. The first-order valence-corrected chi connectivity index (χ1v) is 18.9. The van der Waals surface area contributed by atoms with Crippen molar-refractivity contribution in [3.8, 4) is 22.3 Å². The van der Waals surface area contributed by atoms with Gasteiger partial charge >= 0.3 is 11.9 Å². The van der Waals surface area contributed by atoms with Gasteiger partial charge in [0.05, 0.1) is 0 Å². The van der Waals surface area contributed by atoms with Crippen LogP contribution in [0, 0.1) is 0 Å². The first kappa shape index (κ1) is 37.0. The number of carbonyl (C=O) groups is 4. The van der Waals surface area contributed by atoms with Gasteiger partial charge in [0.2, 0.25) is 11.8 Å². The predicted molar refractivity (Wildman–Crippen MR) is 211 cm³/mol. The van der Waals surface area contributed by atoms with E-state index in [9.17, 15) is 19.2 Å². The largest absolute Gasteiger partial charge is 0.386 e. The fraction of sp³-hybridized carbons (Fsp3) is 0.100. The van der Waals surface area contributed by atoms with Crippen LogP contribution in [0.2, 0.25) is 15.1 Å². The number of benzene rings is 4. The van der Waals surface area contributed by atoms with Gasteiger partial charge in [-0.1, -0.05) is 102 Å². The summed E-state index contributed by atoms with van der Waals surface area (Å²) >= 11 is 20.8. The molecule has 7 nitrogen and oxygen atoms in total. The van der Waals surface area contributed by atoms with E-state index in [1.54, 1.807) is 71.4 Å². The second-order valence-electron chi connectivity index (χ2n) is 11.6. The minimum atomic E-state index is -0.981. The summed E-state index contributed by atoms with van der Waals surface area (Å²) in [4.78, 5) is 54.4. The van der Waals surface area contributed by atoms with Gasteiger partial charge in [0.1, 0.15) is 21.1 Å². The molecule has 0 fully saturated rings. The molecule has 12 heteroatoms. The van der Waals surface area contributed by atoms with Crippen molar-refractivity contribution in [2.45, 2.75) is 25.7 Å². The smallest absolute Gasteiger partial charge is 0.349 e. The van der Waals surface area contributed by atoms with Crippen molar-refractivity contribution in [3.05, 3.63) is 151 Å². The van der Waals surface area contributed by atoms with Crippen LogP contribution in [0.25, 0.3) is 22.3 Å². The Bertz CT molecular complexity index is 2250. The maximum Gasteiger partial charge on any atom is 0.349 e. The van der Waals surface area contributed by atoms with Crippen LogP contribution in [-0.2, 0) is 27.2 Å². The number of hydrogen-bond donors (Lipinski definition) is 2. The standard InChI is InChI=1S/C40H29Cl3N2O5S2/c41-28-16-14-26(15-17-28)31-22-51-37(45-34(47)19-13-25-8-4-10-29(42)20-25)35(31)39(48)50-40(49)36-32(27-9-5-11-30(43)21-27)23-52-38(36)44-33(46)18-12-24-6-2-1-3-7-24/h1-11,14-17,20-23H,12-13,18-19H2,(H,44,46)(H,45,47). The second kappa shape index (κ2) is 17.2. The van der Waals surface area contributed by atoms with Crippen LogP contribution < -0.4 is 10.6 Å². The molecule has 6 aromatic rings. The van der Waals surface area contributed by atoms with Gasteiger partial charge in [-0.25, -0.2) is 9.59 Å². The number of amides is 2. The Morgan fingerprint density at radius 3 is 1.63 bits per heavy atom. The zero-order valence-corrected chi connectivity index (χ0v) is 31.2. The third kappa shape index (κ3) is 9.36. The zero-order valence-electron chi connectivity index (χ0n) is 27.3. The minimum Gasteiger partial charge on any atom is -0.386 e. The van der Waals surface area contributed by atoms with E-state index in [2.05, 4.69) is 10.6 Å². The number of anilines is 2. The average molecular weight is 788 g/mol. The van der Waals surface area contributed by atoms with Crippen LogP contribution in [0.1, 0.15) is 44.7 Å². The van der Waals surface area contributed by atoms with Gasteiger partial charge in [-0.05, 0) is 71.5 Å². The van der Waals surface area contributed by atoms with Crippen LogP contribution in [0.4, 0.5) is 10.0 Å². The highest BCUT2D eigenvalue weighted by molar-refractivity contribution is 7.15. The number of hydrogen-bond acceptors (Lipinski definition) is 7. The highest BCUT2D eigenvalue weighted by atomic mass is 35.5. The summed E-state index contributed by atoms with van der Waals surface area (Å²) in [5.41, 5.74) is 3.98. The molecule has 4 aromatic carbocycles. The van der Waals surface area contributed by atoms with Crippen molar-refractivity contribution in [1.82, 2.24) is 0 Å². The molecule has 0 spiro atoms. The Labute approximate surface area is 323 Å². The third-order valence-corrected chi connectivity index (χ3v) is 10.5. The number of halogens is 3. The van der Waals surface area contributed by atoms with Gasteiger partial charge in [0, 0.05) is 49.8 Å². The van der Waals surface area contributed by atoms with E-state index in [1.165, 1.54) is 0 Å². The van der Waals surface area contributed by atoms with E-state index in [0.717, 1.165) is 33.8 Å². The molecule has 6 rings (SSSR count). The average Bonchev–Trinajstić information content (AvgIpc) is 3.75. The molecule has 2 N–H and O–H groups in total. The predicted octanol–water partition coefficient (Wildman–Crippen LogP) is 11.2. The van der Waals surface area contributed by atoms with E-state index in [4.69, 9.17) is 39.5 Å². The molecule has 0 aliphatic heterocycles.